The number of aliphatic hydroxyl groups is 4. The molecule has 78 valence electrons. The van der Waals surface area contributed by atoms with Crippen LogP contribution in [0.3, 0.4) is 0 Å². The summed E-state index contributed by atoms with van der Waals surface area (Å²) in [5, 5.41) is 36.7. The molecule has 4 N–H and O–H groups in total. The van der Waals surface area contributed by atoms with E-state index in [4.69, 9.17) is 14.6 Å². The van der Waals surface area contributed by atoms with Gasteiger partial charge in [0.05, 0.1) is 13.2 Å². The summed E-state index contributed by atoms with van der Waals surface area (Å²) in [5.74, 6) is -2.08. The Morgan fingerprint density at radius 2 is 2.08 bits per heavy atom. The van der Waals surface area contributed by atoms with Gasteiger partial charge >= 0.3 is 0 Å². The van der Waals surface area contributed by atoms with Crippen molar-refractivity contribution in [3.05, 3.63) is 0 Å². The summed E-state index contributed by atoms with van der Waals surface area (Å²) < 4.78 is 9.54. The SMILES string of the molecule is COC[C@H]1OC(O)(CO)[C@H](O)[C@@H]1O. The molecule has 0 aromatic rings. The van der Waals surface area contributed by atoms with Crippen LogP contribution in [-0.4, -0.2) is 64.8 Å². The lowest BCUT2D eigenvalue weighted by Gasteiger charge is -2.22. The van der Waals surface area contributed by atoms with Gasteiger partial charge in [-0.2, -0.15) is 0 Å². The molecule has 0 aromatic heterocycles. The summed E-state index contributed by atoms with van der Waals surface area (Å²) in [4.78, 5) is 0. The molecule has 6 heteroatoms. The third-order valence-corrected chi connectivity index (χ3v) is 2.08. The predicted octanol–water partition coefficient (Wildman–Crippen LogP) is -2.57. The summed E-state index contributed by atoms with van der Waals surface area (Å²) in [5.41, 5.74) is 0. The fourth-order valence-corrected chi connectivity index (χ4v) is 1.30. The highest BCUT2D eigenvalue weighted by Crippen LogP contribution is 2.28. The van der Waals surface area contributed by atoms with Crippen LogP contribution in [0.4, 0.5) is 0 Å². The highest BCUT2D eigenvalue weighted by Gasteiger charge is 2.52. The van der Waals surface area contributed by atoms with Gasteiger partial charge in [-0.15, -0.1) is 0 Å². The van der Waals surface area contributed by atoms with Crippen molar-refractivity contribution >= 4 is 0 Å². The maximum absolute atomic E-state index is 9.40. The van der Waals surface area contributed by atoms with E-state index in [0.29, 0.717) is 0 Å². The predicted molar refractivity (Wildman–Crippen MR) is 40.8 cm³/mol. The minimum absolute atomic E-state index is 0.0422. The van der Waals surface area contributed by atoms with E-state index in [9.17, 15) is 15.3 Å². The van der Waals surface area contributed by atoms with Crippen LogP contribution < -0.4 is 0 Å². The van der Waals surface area contributed by atoms with Crippen LogP contribution in [0.1, 0.15) is 0 Å². The van der Waals surface area contributed by atoms with Crippen molar-refractivity contribution in [2.45, 2.75) is 24.1 Å². The third-order valence-electron chi connectivity index (χ3n) is 2.08. The maximum Gasteiger partial charge on any atom is 0.219 e. The van der Waals surface area contributed by atoms with Crippen molar-refractivity contribution in [3.8, 4) is 0 Å². The topological polar surface area (TPSA) is 99.4 Å². The zero-order valence-corrected chi connectivity index (χ0v) is 7.25. The first-order valence-corrected chi connectivity index (χ1v) is 3.91. The molecule has 0 aliphatic carbocycles. The summed E-state index contributed by atoms with van der Waals surface area (Å²) in [6, 6.07) is 0. The van der Waals surface area contributed by atoms with E-state index in [1.165, 1.54) is 7.11 Å². The molecule has 1 rings (SSSR count). The number of methoxy groups -OCH3 is 1. The van der Waals surface area contributed by atoms with Gasteiger partial charge in [0, 0.05) is 7.11 Å². The van der Waals surface area contributed by atoms with Crippen molar-refractivity contribution in [2.24, 2.45) is 0 Å². The Morgan fingerprint density at radius 1 is 1.46 bits per heavy atom. The second kappa shape index (κ2) is 3.87. The molecule has 0 radical (unpaired) electrons. The Balaban J connectivity index is 2.66. The zero-order valence-electron chi connectivity index (χ0n) is 7.25. The van der Waals surface area contributed by atoms with Gasteiger partial charge in [-0.3, -0.25) is 0 Å². The quantitative estimate of drug-likeness (QED) is 0.394. The van der Waals surface area contributed by atoms with E-state index in [1.807, 2.05) is 0 Å². The third kappa shape index (κ3) is 1.83. The molecule has 1 unspecified atom stereocenters. The Kier molecular flexibility index (Phi) is 3.23. The fraction of sp³-hybridized carbons (Fsp3) is 1.00. The van der Waals surface area contributed by atoms with Gasteiger partial charge in [-0.1, -0.05) is 0 Å². The van der Waals surface area contributed by atoms with Crippen molar-refractivity contribution in [1.82, 2.24) is 0 Å². The van der Waals surface area contributed by atoms with E-state index < -0.39 is 30.7 Å². The summed E-state index contributed by atoms with van der Waals surface area (Å²) in [7, 11) is 1.40. The standard InChI is InChI=1S/C7H14O6/c1-12-2-4-5(9)6(10)7(11,3-8)13-4/h4-6,8-11H,2-3H2,1H3/t4-,5-,6-,7?/m1/s1. The number of hydrogen-bond donors (Lipinski definition) is 4. The number of rotatable bonds is 3. The van der Waals surface area contributed by atoms with E-state index in [0.717, 1.165) is 0 Å². The molecule has 0 spiro atoms. The number of ether oxygens (including phenoxy) is 2. The lowest BCUT2D eigenvalue weighted by Crippen LogP contribution is -2.46. The lowest BCUT2D eigenvalue weighted by atomic mass is 10.1. The van der Waals surface area contributed by atoms with Crippen molar-refractivity contribution < 1.29 is 29.9 Å². The number of aliphatic hydroxyl groups excluding tert-OH is 3. The monoisotopic (exact) mass is 194 g/mol. The second-order valence-electron chi connectivity index (χ2n) is 3.05. The molecule has 0 amide bonds. The summed E-state index contributed by atoms with van der Waals surface area (Å²) in [6.45, 7) is -0.730. The first kappa shape index (κ1) is 10.8. The van der Waals surface area contributed by atoms with Gasteiger partial charge in [0.2, 0.25) is 5.79 Å². The Labute approximate surface area is 75.3 Å². The van der Waals surface area contributed by atoms with Gasteiger partial charge in [-0.05, 0) is 0 Å². The summed E-state index contributed by atoms with van der Waals surface area (Å²) in [6.07, 6.45) is -3.59. The van der Waals surface area contributed by atoms with Crippen LogP contribution in [0, 0.1) is 0 Å². The van der Waals surface area contributed by atoms with Crippen LogP contribution in [-0.2, 0) is 9.47 Å². The van der Waals surface area contributed by atoms with Gasteiger partial charge in [0.15, 0.2) is 0 Å². The fourth-order valence-electron chi connectivity index (χ4n) is 1.30. The van der Waals surface area contributed by atoms with Crippen molar-refractivity contribution in [1.29, 1.82) is 0 Å². The van der Waals surface area contributed by atoms with Gasteiger partial charge < -0.3 is 29.9 Å². The van der Waals surface area contributed by atoms with Crippen LogP contribution in [0.25, 0.3) is 0 Å². The highest BCUT2D eigenvalue weighted by molar-refractivity contribution is 4.94. The molecule has 1 aliphatic rings. The average Bonchev–Trinajstić information content (AvgIpc) is 2.33. The molecule has 1 fully saturated rings. The van der Waals surface area contributed by atoms with Gasteiger partial charge in [0.25, 0.3) is 0 Å². The first-order valence-electron chi connectivity index (χ1n) is 3.91. The Bertz CT molecular complexity index is 174. The average molecular weight is 194 g/mol. The minimum atomic E-state index is -2.08. The Morgan fingerprint density at radius 3 is 2.46 bits per heavy atom. The van der Waals surface area contributed by atoms with Gasteiger partial charge in [-0.25, -0.2) is 0 Å². The van der Waals surface area contributed by atoms with E-state index in [2.05, 4.69) is 0 Å². The van der Waals surface area contributed by atoms with E-state index in [-0.39, 0.29) is 6.61 Å². The smallest absolute Gasteiger partial charge is 0.219 e. The summed E-state index contributed by atoms with van der Waals surface area (Å²) >= 11 is 0. The first-order chi connectivity index (χ1) is 6.05. The van der Waals surface area contributed by atoms with Crippen LogP contribution in [0.5, 0.6) is 0 Å². The largest absolute Gasteiger partial charge is 0.391 e. The van der Waals surface area contributed by atoms with Crippen LogP contribution >= 0.6 is 0 Å². The molecule has 1 aliphatic heterocycles. The molecule has 0 saturated carbocycles. The molecule has 0 bridgehead atoms. The highest BCUT2D eigenvalue weighted by atomic mass is 16.7. The molecular weight excluding hydrogens is 180 g/mol. The van der Waals surface area contributed by atoms with Gasteiger partial charge in [0.1, 0.15) is 18.3 Å². The van der Waals surface area contributed by atoms with E-state index in [1.54, 1.807) is 0 Å². The molecule has 6 nitrogen and oxygen atoms in total. The lowest BCUT2D eigenvalue weighted by molar-refractivity contribution is -0.248. The van der Waals surface area contributed by atoms with Crippen LogP contribution in [0.2, 0.25) is 0 Å². The Hall–Kier alpha value is -0.240. The molecule has 1 saturated heterocycles. The molecular formula is C7H14O6. The minimum Gasteiger partial charge on any atom is -0.391 e. The number of hydrogen-bond acceptors (Lipinski definition) is 6. The molecule has 1 heterocycles. The zero-order chi connectivity index (χ0) is 10.1. The van der Waals surface area contributed by atoms with Crippen molar-refractivity contribution in [2.75, 3.05) is 20.3 Å². The van der Waals surface area contributed by atoms with Crippen molar-refractivity contribution in [3.63, 3.8) is 0 Å². The maximum atomic E-state index is 9.40. The van der Waals surface area contributed by atoms with Crippen LogP contribution in [0.15, 0.2) is 0 Å². The molecule has 4 atom stereocenters. The second-order valence-corrected chi connectivity index (χ2v) is 3.05. The molecule has 13 heavy (non-hydrogen) atoms. The van der Waals surface area contributed by atoms with E-state index >= 15 is 0 Å². The molecule has 0 aromatic carbocycles. The normalized spacial score (nSPS) is 45.5.